The third-order valence-corrected chi connectivity index (χ3v) is 6.59. The van der Waals surface area contributed by atoms with Gasteiger partial charge in [-0.15, -0.1) is 0 Å². The van der Waals surface area contributed by atoms with Crippen LogP contribution in [0.25, 0.3) is 0 Å². The van der Waals surface area contributed by atoms with Crippen LogP contribution in [0, 0.1) is 0 Å². The first kappa shape index (κ1) is 18.2. The van der Waals surface area contributed by atoms with E-state index in [2.05, 4.69) is 25.2 Å². The molecule has 7 heteroatoms. The van der Waals surface area contributed by atoms with E-state index < -0.39 is 9.84 Å². The lowest BCUT2D eigenvalue weighted by Gasteiger charge is -2.22. The van der Waals surface area contributed by atoms with E-state index in [9.17, 15) is 13.2 Å². The molecule has 1 saturated heterocycles. The highest BCUT2D eigenvalue weighted by atomic mass is 32.2. The third kappa shape index (κ3) is 4.52. The second-order valence-corrected chi connectivity index (χ2v) is 9.96. The first-order chi connectivity index (χ1) is 11.6. The Hall–Kier alpha value is -1.60. The molecule has 0 aliphatic carbocycles. The van der Waals surface area contributed by atoms with Gasteiger partial charge in [-0.05, 0) is 44.5 Å². The zero-order valence-corrected chi connectivity index (χ0v) is 15.9. The van der Waals surface area contributed by atoms with E-state index in [0.717, 1.165) is 17.7 Å². The predicted octanol–water partition coefficient (Wildman–Crippen LogP) is 1.14. The van der Waals surface area contributed by atoms with Crippen LogP contribution in [0.5, 0.6) is 5.75 Å². The first-order valence-electron chi connectivity index (χ1n) is 8.62. The van der Waals surface area contributed by atoms with Crippen molar-refractivity contribution in [2.24, 2.45) is 0 Å². The first-order valence-corrected chi connectivity index (χ1v) is 10.4. The summed E-state index contributed by atoms with van der Waals surface area (Å²) in [5, 5.41) is 2.92. The zero-order chi connectivity index (χ0) is 18.2. The quantitative estimate of drug-likeness (QED) is 0.846. The molecule has 6 nitrogen and oxygen atoms in total. The lowest BCUT2D eigenvalue weighted by Crippen LogP contribution is -2.41. The molecule has 0 unspecified atom stereocenters. The van der Waals surface area contributed by atoms with Gasteiger partial charge in [-0.3, -0.25) is 9.69 Å². The topological polar surface area (TPSA) is 75.7 Å². The van der Waals surface area contributed by atoms with E-state index >= 15 is 0 Å². The molecular formula is C18H26N2O4S. The highest BCUT2D eigenvalue weighted by Crippen LogP contribution is 2.35. The van der Waals surface area contributed by atoms with Gasteiger partial charge in [-0.2, -0.15) is 0 Å². The summed E-state index contributed by atoms with van der Waals surface area (Å²) < 4.78 is 28.9. The average molecular weight is 366 g/mol. The van der Waals surface area contributed by atoms with Crippen molar-refractivity contribution in [3.05, 3.63) is 29.3 Å². The maximum absolute atomic E-state index is 12.2. The van der Waals surface area contributed by atoms with Crippen LogP contribution in [-0.4, -0.2) is 56.0 Å². The SMILES string of the molecule is CN(CC(=O)NCc1ccc2c(c1)CC(C)(C)O2)[C@@H]1CCS(=O)(=O)C1. The Labute approximate surface area is 149 Å². The molecule has 2 heterocycles. The van der Waals surface area contributed by atoms with Crippen LogP contribution in [0.15, 0.2) is 18.2 Å². The lowest BCUT2D eigenvalue weighted by atomic mass is 10.0. The van der Waals surface area contributed by atoms with Gasteiger partial charge in [0.2, 0.25) is 5.91 Å². The van der Waals surface area contributed by atoms with E-state index in [-0.39, 0.29) is 35.6 Å². The number of carbonyl (C=O) groups is 1. The summed E-state index contributed by atoms with van der Waals surface area (Å²) >= 11 is 0. The van der Waals surface area contributed by atoms with Gasteiger partial charge in [0.15, 0.2) is 9.84 Å². The number of rotatable bonds is 5. The smallest absolute Gasteiger partial charge is 0.234 e. The summed E-state index contributed by atoms with van der Waals surface area (Å²) in [6.07, 6.45) is 1.47. The highest BCUT2D eigenvalue weighted by Gasteiger charge is 2.31. The Kier molecular flexibility index (Phi) is 4.81. The summed E-state index contributed by atoms with van der Waals surface area (Å²) in [7, 11) is -1.13. The molecule has 0 aromatic heterocycles. The summed E-state index contributed by atoms with van der Waals surface area (Å²) in [5.74, 6) is 1.19. The van der Waals surface area contributed by atoms with Crippen LogP contribution >= 0.6 is 0 Å². The number of sulfone groups is 1. The van der Waals surface area contributed by atoms with Crippen molar-refractivity contribution in [3.63, 3.8) is 0 Å². The minimum Gasteiger partial charge on any atom is -0.487 e. The Bertz CT molecular complexity index is 773. The van der Waals surface area contributed by atoms with E-state index in [0.29, 0.717) is 13.0 Å². The number of hydrogen-bond donors (Lipinski definition) is 1. The highest BCUT2D eigenvalue weighted by molar-refractivity contribution is 7.91. The molecule has 1 fully saturated rings. The maximum atomic E-state index is 12.2. The molecular weight excluding hydrogens is 340 g/mol. The third-order valence-electron chi connectivity index (χ3n) is 4.84. The Morgan fingerprint density at radius 1 is 1.40 bits per heavy atom. The molecule has 1 aromatic rings. The minimum atomic E-state index is -2.93. The van der Waals surface area contributed by atoms with Gasteiger partial charge in [0, 0.05) is 19.0 Å². The molecule has 25 heavy (non-hydrogen) atoms. The fourth-order valence-corrected chi connectivity index (χ4v) is 5.31. The Balaban J connectivity index is 1.50. The molecule has 2 aliphatic rings. The van der Waals surface area contributed by atoms with Crippen LogP contribution in [0.2, 0.25) is 0 Å². The number of nitrogens with one attached hydrogen (secondary N) is 1. The normalized spacial score (nSPS) is 23.3. The molecule has 0 bridgehead atoms. The van der Waals surface area contributed by atoms with Gasteiger partial charge in [0.05, 0.1) is 18.1 Å². The van der Waals surface area contributed by atoms with Gasteiger partial charge in [0.1, 0.15) is 11.4 Å². The number of nitrogens with zero attached hydrogens (tertiary/aromatic N) is 1. The van der Waals surface area contributed by atoms with Crippen LogP contribution in [0.1, 0.15) is 31.4 Å². The molecule has 3 rings (SSSR count). The standard InChI is InChI=1S/C18H26N2O4S/c1-18(2)9-14-8-13(4-5-16(14)24-18)10-19-17(21)11-20(3)15-6-7-25(22,23)12-15/h4-5,8,15H,6-7,9-12H2,1-3H3,(H,19,21)/t15-/m1/s1. The monoisotopic (exact) mass is 366 g/mol. The number of likely N-dealkylation sites (N-methyl/N-ethyl adjacent to an activating group) is 1. The van der Waals surface area contributed by atoms with Gasteiger partial charge >= 0.3 is 0 Å². The van der Waals surface area contributed by atoms with Crippen LogP contribution < -0.4 is 10.1 Å². The van der Waals surface area contributed by atoms with Crippen LogP contribution in [0.4, 0.5) is 0 Å². The molecule has 1 aromatic carbocycles. The molecule has 0 radical (unpaired) electrons. The van der Waals surface area contributed by atoms with Crippen molar-refractivity contribution < 1.29 is 17.9 Å². The fraction of sp³-hybridized carbons (Fsp3) is 0.611. The van der Waals surface area contributed by atoms with Gasteiger partial charge in [-0.25, -0.2) is 8.42 Å². The van der Waals surface area contributed by atoms with E-state index in [1.807, 2.05) is 17.0 Å². The number of amides is 1. The molecule has 1 amide bonds. The predicted molar refractivity (Wildman–Crippen MR) is 96.4 cm³/mol. The van der Waals surface area contributed by atoms with Gasteiger partial charge in [0.25, 0.3) is 0 Å². The van der Waals surface area contributed by atoms with Crippen molar-refractivity contribution in [2.75, 3.05) is 25.1 Å². The van der Waals surface area contributed by atoms with Gasteiger partial charge in [-0.1, -0.05) is 12.1 Å². The van der Waals surface area contributed by atoms with E-state index in [1.54, 1.807) is 7.05 Å². The number of benzene rings is 1. The molecule has 0 spiro atoms. The zero-order valence-electron chi connectivity index (χ0n) is 15.0. The van der Waals surface area contributed by atoms with Crippen LogP contribution in [-0.2, 0) is 27.6 Å². The Morgan fingerprint density at radius 3 is 2.84 bits per heavy atom. The van der Waals surface area contributed by atoms with Crippen molar-refractivity contribution in [1.29, 1.82) is 0 Å². The number of fused-ring (bicyclic) bond motifs is 1. The minimum absolute atomic E-state index is 0.0601. The second kappa shape index (κ2) is 6.61. The summed E-state index contributed by atoms with van der Waals surface area (Å²) in [4.78, 5) is 14.0. The van der Waals surface area contributed by atoms with Crippen molar-refractivity contribution in [2.45, 2.75) is 44.9 Å². The average Bonchev–Trinajstić information content (AvgIpc) is 3.01. The largest absolute Gasteiger partial charge is 0.487 e. The second-order valence-electron chi connectivity index (χ2n) is 7.73. The molecule has 0 saturated carbocycles. The summed E-state index contributed by atoms with van der Waals surface area (Å²) in [5.41, 5.74) is 2.04. The number of ether oxygens (including phenoxy) is 1. The molecule has 2 aliphatic heterocycles. The van der Waals surface area contributed by atoms with Crippen molar-refractivity contribution in [3.8, 4) is 5.75 Å². The maximum Gasteiger partial charge on any atom is 0.234 e. The summed E-state index contributed by atoms with van der Waals surface area (Å²) in [6, 6.07) is 5.95. The van der Waals surface area contributed by atoms with Crippen molar-refractivity contribution >= 4 is 15.7 Å². The fourth-order valence-electron chi connectivity index (χ4n) is 3.51. The molecule has 138 valence electrons. The van der Waals surface area contributed by atoms with E-state index in [1.165, 1.54) is 5.56 Å². The van der Waals surface area contributed by atoms with E-state index in [4.69, 9.17) is 4.74 Å². The summed E-state index contributed by atoms with van der Waals surface area (Å²) in [6.45, 7) is 4.80. The molecule has 1 atom stereocenters. The molecule has 1 N–H and O–H groups in total. The number of carbonyl (C=O) groups excluding carboxylic acids is 1. The Morgan fingerprint density at radius 2 is 2.16 bits per heavy atom. The lowest BCUT2D eigenvalue weighted by molar-refractivity contribution is -0.122. The number of hydrogen-bond acceptors (Lipinski definition) is 5. The van der Waals surface area contributed by atoms with Crippen LogP contribution in [0.3, 0.4) is 0 Å². The van der Waals surface area contributed by atoms with Crippen molar-refractivity contribution in [1.82, 2.24) is 10.2 Å². The van der Waals surface area contributed by atoms with Gasteiger partial charge < -0.3 is 10.1 Å².